The third-order valence-corrected chi connectivity index (χ3v) is 6.97. The number of thiocarbonyl (C=S) groups is 1. The molecule has 0 saturated carbocycles. The number of aromatic carboxylic acids is 1. The first-order valence-electron chi connectivity index (χ1n) is 12.3. The van der Waals surface area contributed by atoms with Gasteiger partial charge in [-0.25, -0.2) is 4.79 Å². The molecule has 1 amide bonds. The summed E-state index contributed by atoms with van der Waals surface area (Å²) in [4.78, 5) is 30.0. The predicted octanol–water partition coefficient (Wildman–Crippen LogP) is 5.40. The third kappa shape index (κ3) is 4.76. The quantitative estimate of drug-likeness (QED) is 0.278. The molecular formula is C29H27N5O3S. The van der Waals surface area contributed by atoms with Gasteiger partial charge in [-0.1, -0.05) is 13.0 Å². The van der Waals surface area contributed by atoms with E-state index < -0.39 is 5.97 Å². The Hall–Kier alpha value is -4.50. The fraction of sp³-hybridized carbons (Fsp3) is 0.172. The molecule has 2 aromatic carbocycles. The molecule has 0 bridgehead atoms. The number of nitrogens with one attached hydrogen (secondary N) is 2. The third-order valence-electron chi connectivity index (χ3n) is 6.66. The van der Waals surface area contributed by atoms with Gasteiger partial charge >= 0.3 is 5.97 Å². The first-order chi connectivity index (χ1) is 18.4. The SMILES string of the molecule is CCC(=O)Nc1ccc(N2C(=S)N[C@@H](c3ccccn3)[C@H]2c2cccn2-c2ccc(C(=O)O)cc2)cc1C. The Morgan fingerprint density at radius 2 is 1.82 bits per heavy atom. The van der Waals surface area contributed by atoms with Gasteiger partial charge in [0.1, 0.15) is 6.04 Å². The number of carbonyl (C=O) groups excluding carboxylic acids is 1. The summed E-state index contributed by atoms with van der Waals surface area (Å²) in [5, 5.41) is 16.3. The van der Waals surface area contributed by atoms with Gasteiger partial charge in [0.05, 0.1) is 17.3 Å². The summed E-state index contributed by atoms with van der Waals surface area (Å²) in [5.41, 5.74) is 5.43. The van der Waals surface area contributed by atoms with Gasteiger partial charge in [0.15, 0.2) is 5.11 Å². The molecule has 4 aromatic rings. The van der Waals surface area contributed by atoms with Crippen LogP contribution in [0.5, 0.6) is 0 Å². The summed E-state index contributed by atoms with van der Waals surface area (Å²) in [7, 11) is 0. The zero-order chi connectivity index (χ0) is 26.8. The van der Waals surface area contributed by atoms with Crippen LogP contribution in [0, 0.1) is 6.92 Å². The first kappa shape index (κ1) is 25.2. The molecule has 1 aliphatic heterocycles. The number of hydrogen-bond donors (Lipinski definition) is 3. The molecule has 2 atom stereocenters. The summed E-state index contributed by atoms with van der Waals surface area (Å²) < 4.78 is 2.04. The number of benzene rings is 2. The molecule has 1 fully saturated rings. The van der Waals surface area contributed by atoms with E-state index in [9.17, 15) is 14.7 Å². The fourth-order valence-electron chi connectivity index (χ4n) is 4.74. The number of aryl methyl sites for hydroxylation is 1. The Labute approximate surface area is 225 Å². The van der Waals surface area contributed by atoms with Gasteiger partial charge in [-0.3, -0.25) is 9.78 Å². The standard InChI is InChI=1S/C29H27N5O3S/c1-3-25(35)31-22-14-13-21(17-18(22)2)34-27(26(32-29(34)38)23-7-4-5-15-30-23)24-8-6-16-33(24)20-11-9-19(10-12-20)28(36)37/h4-17,26-27H,3H2,1-2H3,(H,31,35)(H,32,38)(H,36,37)/t26-,27+/m0/s1. The Balaban J connectivity index is 1.60. The van der Waals surface area contributed by atoms with E-state index in [1.165, 1.54) is 0 Å². The molecule has 0 spiro atoms. The molecule has 38 heavy (non-hydrogen) atoms. The first-order valence-corrected chi connectivity index (χ1v) is 12.7. The highest BCUT2D eigenvalue weighted by Gasteiger charge is 2.42. The summed E-state index contributed by atoms with van der Waals surface area (Å²) in [6, 6.07) is 22.0. The largest absolute Gasteiger partial charge is 0.478 e. The molecule has 2 aromatic heterocycles. The van der Waals surface area contributed by atoms with Crippen molar-refractivity contribution in [3.05, 3.63) is 108 Å². The van der Waals surface area contributed by atoms with Crippen molar-refractivity contribution in [1.29, 1.82) is 0 Å². The highest BCUT2D eigenvalue weighted by atomic mass is 32.1. The van der Waals surface area contributed by atoms with Crippen LogP contribution in [0.4, 0.5) is 11.4 Å². The van der Waals surface area contributed by atoms with Crippen LogP contribution in [-0.4, -0.2) is 31.6 Å². The van der Waals surface area contributed by atoms with E-state index in [1.807, 2.05) is 73.1 Å². The van der Waals surface area contributed by atoms with Gasteiger partial charge in [-0.2, -0.15) is 0 Å². The Bertz CT molecular complexity index is 1500. The number of rotatable bonds is 7. The van der Waals surface area contributed by atoms with Crippen molar-refractivity contribution in [2.45, 2.75) is 32.4 Å². The Morgan fingerprint density at radius 3 is 2.47 bits per heavy atom. The monoisotopic (exact) mass is 525 g/mol. The van der Waals surface area contributed by atoms with Crippen LogP contribution in [0.25, 0.3) is 5.69 Å². The summed E-state index contributed by atoms with van der Waals surface area (Å²) in [6.45, 7) is 3.78. The lowest BCUT2D eigenvalue weighted by Gasteiger charge is -2.29. The minimum absolute atomic E-state index is 0.0425. The lowest BCUT2D eigenvalue weighted by molar-refractivity contribution is -0.115. The molecule has 0 unspecified atom stereocenters. The van der Waals surface area contributed by atoms with Crippen LogP contribution in [0.1, 0.15) is 52.7 Å². The van der Waals surface area contributed by atoms with Crippen molar-refractivity contribution in [1.82, 2.24) is 14.9 Å². The average molecular weight is 526 g/mol. The molecule has 1 aliphatic rings. The van der Waals surface area contributed by atoms with Crippen molar-refractivity contribution in [2.24, 2.45) is 0 Å². The number of amides is 1. The average Bonchev–Trinajstić information content (AvgIpc) is 3.54. The molecule has 0 radical (unpaired) electrons. The second-order valence-corrected chi connectivity index (χ2v) is 9.44. The van der Waals surface area contributed by atoms with E-state index in [0.717, 1.165) is 34.0 Å². The number of carbonyl (C=O) groups is 2. The van der Waals surface area contributed by atoms with E-state index in [4.69, 9.17) is 12.2 Å². The maximum atomic E-state index is 12.0. The molecule has 5 rings (SSSR count). The molecule has 1 saturated heterocycles. The minimum atomic E-state index is -0.968. The number of carboxylic acid groups (broad SMARTS) is 1. The molecule has 192 valence electrons. The van der Waals surface area contributed by atoms with Crippen molar-refractivity contribution in [3.8, 4) is 5.69 Å². The van der Waals surface area contributed by atoms with E-state index in [-0.39, 0.29) is 23.6 Å². The summed E-state index contributed by atoms with van der Waals surface area (Å²) >= 11 is 5.86. The zero-order valence-electron chi connectivity index (χ0n) is 21.0. The van der Waals surface area contributed by atoms with Gasteiger partial charge in [-0.15, -0.1) is 0 Å². The second kappa shape index (κ2) is 10.5. The summed E-state index contributed by atoms with van der Waals surface area (Å²) in [6.07, 6.45) is 4.12. The molecule has 3 heterocycles. The number of carboxylic acids is 1. The number of nitrogens with zero attached hydrogens (tertiary/aromatic N) is 3. The number of pyridine rings is 1. The Morgan fingerprint density at radius 1 is 1.05 bits per heavy atom. The van der Waals surface area contributed by atoms with Crippen LogP contribution in [-0.2, 0) is 4.79 Å². The minimum Gasteiger partial charge on any atom is -0.478 e. The van der Waals surface area contributed by atoms with Crippen LogP contribution in [0.15, 0.2) is 85.2 Å². The van der Waals surface area contributed by atoms with Gasteiger partial charge in [0.25, 0.3) is 0 Å². The molecule has 3 N–H and O–H groups in total. The van der Waals surface area contributed by atoms with Crippen molar-refractivity contribution in [2.75, 3.05) is 10.2 Å². The zero-order valence-corrected chi connectivity index (χ0v) is 21.8. The number of hydrogen-bond acceptors (Lipinski definition) is 4. The van der Waals surface area contributed by atoms with E-state index in [1.54, 1.807) is 30.5 Å². The molecule has 0 aliphatic carbocycles. The van der Waals surface area contributed by atoms with Crippen LogP contribution in [0.3, 0.4) is 0 Å². The lowest BCUT2D eigenvalue weighted by atomic mass is 10.00. The van der Waals surface area contributed by atoms with Crippen LogP contribution in [0.2, 0.25) is 0 Å². The molecule has 8 nitrogen and oxygen atoms in total. The van der Waals surface area contributed by atoms with Gasteiger partial charge in [0, 0.05) is 41.6 Å². The lowest BCUT2D eigenvalue weighted by Crippen LogP contribution is -2.30. The van der Waals surface area contributed by atoms with Crippen molar-refractivity contribution >= 4 is 40.6 Å². The smallest absolute Gasteiger partial charge is 0.335 e. The Kier molecular flexibility index (Phi) is 6.93. The van der Waals surface area contributed by atoms with Gasteiger partial charge in [0.2, 0.25) is 5.91 Å². The maximum Gasteiger partial charge on any atom is 0.335 e. The van der Waals surface area contributed by atoms with Crippen LogP contribution < -0.4 is 15.5 Å². The predicted molar refractivity (Wildman–Crippen MR) is 151 cm³/mol. The fourth-order valence-corrected chi connectivity index (χ4v) is 5.09. The normalized spacial score (nSPS) is 16.8. The summed E-state index contributed by atoms with van der Waals surface area (Å²) in [5.74, 6) is -1.01. The molecular weight excluding hydrogens is 498 g/mol. The highest BCUT2D eigenvalue weighted by Crippen LogP contribution is 2.42. The van der Waals surface area contributed by atoms with Crippen molar-refractivity contribution < 1.29 is 14.7 Å². The highest BCUT2D eigenvalue weighted by molar-refractivity contribution is 7.80. The molecule has 9 heteroatoms. The van der Waals surface area contributed by atoms with Crippen molar-refractivity contribution in [3.63, 3.8) is 0 Å². The topological polar surface area (TPSA) is 99.5 Å². The van der Waals surface area contributed by atoms with Gasteiger partial charge in [-0.05, 0) is 91.4 Å². The number of aromatic nitrogens is 2. The van der Waals surface area contributed by atoms with E-state index in [2.05, 4.69) is 20.5 Å². The van der Waals surface area contributed by atoms with E-state index >= 15 is 0 Å². The van der Waals surface area contributed by atoms with Gasteiger partial charge < -0.3 is 25.2 Å². The van der Waals surface area contributed by atoms with Crippen LogP contribution >= 0.6 is 12.2 Å². The second-order valence-electron chi connectivity index (χ2n) is 9.05. The number of anilines is 2. The maximum absolute atomic E-state index is 12.0. The van der Waals surface area contributed by atoms with E-state index in [0.29, 0.717) is 11.5 Å².